The van der Waals surface area contributed by atoms with Gasteiger partial charge >= 0.3 is 0 Å². The summed E-state index contributed by atoms with van der Waals surface area (Å²) in [4.78, 5) is 25.6. The van der Waals surface area contributed by atoms with Crippen molar-refractivity contribution >= 4 is 39.1 Å². The van der Waals surface area contributed by atoms with E-state index in [4.69, 9.17) is 5.26 Å². The summed E-state index contributed by atoms with van der Waals surface area (Å²) in [5.74, 6) is -0.545. The topological polar surface area (TPSA) is 73.2 Å². The smallest absolute Gasteiger partial charge is 0.244 e. The van der Waals surface area contributed by atoms with Gasteiger partial charge < -0.3 is 10.2 Å². The second kappa shape index (κ2) is 7.75. The van der Waals surface area contributed by atoms with Crippen LogP contribution in [0.5, 0.6) is 0 Å². The van der Waals surface area contributed by atoms with Gasteiger partial charge in [0.05, 0.1) is 17.3 Å². The Labute approximate surface area is 149 Å². The van der Waals surface area contributed by atoms with Gasteiger partial charge in [0, 0.05) is 17.1 Å². The van der Waals surface area contributed by atoms with E-state index in [9.17, 15) is 9.59 Å². The van der Waals surface area contributed by atoms with E-state index < -0.39 is 0 Å². The first-order valence-electron chi connectivity index (χ1n) is 7.25. The summed E-state index contributed by atoms with van der Waals surface area (Å²) >= 11 is 3.43. The standard InChI is InChI=1S/C18H16BrN3O2/c1-12-3-8-17(16(19)9-12)22(13(2)23)11-18(24)21-15-6-4-14(10-20)5-7-15/h3-9H,11H2,1-2H3,(H,21,24). The minimum absolute atomic E-state index is 0.100. The second-order valence-electron chi connectivity index (χ2n) is 5.30. The van der Waals surface area contributed by atoms with E-state index in [1.54, 1.807) is 30.3 Å². The zero-order valence-electron chi connectivity index (χ0n) is 13.3. The van der Waals surface area contributed by atoms with Crippen LogP contribution in [-0.2, 0) is 9.59 Å². The number of benzene rings is 2. The molecule has 0 radical (unpaired) electrons. The van der Waals surface area contributed by atoms with Crippen LogP contribution < -0.4 is 10.2 Å². The summed E-state index contributed by atoms with van der Waals surface area (Å²) in [6, 6.07) is 14.1. The molecule has 24 heavy (non-hydrogen) atoms. The van der Waals surface area contributed by atoms with Crippen molar-refractivity contribution < 1.29 is 9.59 Å². The molecule has 0 aliphatic carbocycles. The Morgan fingerprint density at radius 2 is 1.88 bits per heavy atom. The minimum atomic E-state index is -0.317. The molecule has 1 N–H and O–H groups in total. The van der Waals surface area contributed by atoms with Crippen molar-refractivity contribution in [2.24, 2.45) is 0 Å². The highest BCUT2D eigenvalue weighted by Gasteiger charge is 2.18. The van der Waals surface area contributed by atoms with E-state index in [2.05, 4.69) is 21.2 Å². The van der Waals surface area contributed by atoms with Gasteiger partial charge in [-0.3, -0.25) is 9.59 Å². The number of hydrogen-bond donors (Lipinski definition) is 1. The maximum absolute atomic E-state index is 12.2. The number of carbonyl (C=O) groups excluding carboxylic acids is 2. The van der Waals surface area contributed by atoms with E-state index >= 15 is 0 Å². The highest BCUT2D eigenvalue weighted by Crippen LogP contribution is 2.27. The second-order valence-corrected chi connectivity index (χ2v) is 6.15. The van der Waals surface area contributed by atoms with E-state index in [1.807, 2.05) is 25.1 Å². The quantitative estimate of drug-likeness (QED) is 0.872. The number of nitrogens with zero attached hydrogens (tertiary/aromatic N) is 2. The van der Waals surface area contributed by atoms with Crippen molar-refractivity contribution in [3.63, 3.8) is 0 Å². The van der Waals surface area contributed by atoms with Gasteiger partial charge in [0.15, 0.2) is 0 Å². The van der Waals surface area contributed by atoms with Gasteiger partial charge in [-0.15, -0.1) is 0 Å². The molecule has 0 aliphatic heterocycles. The van der Waals surface area contributed by atoms with Crippen molar-refractivity contribution in [2.45, 2.75) is 13.8 Å². The first kappa shape index (κ1) is 17.7. The number of aryl methyl sites for hydroxylation is 1. The Morgan fingerprint density at radius 1 is 1.21 bits per heavy atom. The van der Waals surface area contributed by atoms with Crippen molar-refractivity contribution in [1.82, 2.24) is 0 Å². The fourth-order valence-electron chi connectivity index (χ4n) is 2.17. The molecule has 5 nitrogen and oxygen atoms in total. The normalized spacial score (nSPS) is 9.92. The van der Waals surface area contributed by atoms with Gasteiger partial charge in [-0.05, 0) is 64.8 Å². The van der Waals surface area contributed by atoms with Crippen LogP contribution in [0.3, 0.4) is 0 Å². The summed E-state index contributed by atoms with van der Waals surface area (Å²) in [5.41, 5.74) is 2.78. The summed E-state index contributed by atoms with van der Waals surface area (Å²) in [6.45, 7) is 3.27. The van der Waals surface area contributed by atoms with E-state index in [-0.39, 0.29) is 18.4 Å². The summed E-state index contributed by atoms with van der Waals surface area (Å²) in [6.07, 6.45) is 0. The number of carbonyl (C=O) groups is 2. The van der Waals surface area contributed by atoms with Gasteiger partial charge in [0.25, 0.3) is 0 Å². The lowest BCUT2D eigenvalue weighted by Gasteiger charge is -2.22. The van der Waals surface area contributed by atoms with Crippen LogP contribution in [0.25, 0.3) is 0 Å². The van der Waals surface area contributed by atoms with Crippen LogP contribution in [0, 0.1) is 18.3 Å². The lowest BCUT2D eigenvalue weighted by atomic mass is 10.2. The summed E-state index contributed by atoms with van der Waals surface area (Å²) in [5, 5.41) is 11.5. The van der Waals surface area contributed by atoms with Gasteiger partial charge in [0.1, 0.15) is 6.54 Å². The minimum Gasteiger partial charge on any atom is -0.325 e. The van der Waals surface area contributed by atoms with Crippen LogP contribution in [0.1, 0.15) is 18.1 Å². The van der Waals surface area contributed by atoms with Gasteiger partial charge in [0.2, 0.25) is 11.8 Å². The monoisotopic (exact) mass is 385 g/mol. The van der Waals surface area contributed by atoms with Crippen LogP contribution >= 0.6 is 15.9 Å². The third kappa shape index (κ3) is 4.43. The number of nitrogens with one attached hydrogen (secondary N) is 1. The first-order valence-corrected chi connectivity index (χ1v) is 8.04. The third-order valence-corrected chi connectivity index (χ3v) is 4.01. The van der Waals surface area contributed by atoms with Crippen LogP contribution in [0.15, 0.2) is 46.9 Å². The van der Waals surface area contributed by atoms with Crippen LogP contribution in [-0.4, -0.2) is 18.4 Å². The average molecular weight is 386 g/mol. The predicted molar refractivity (Wildman–Crippen MR) is 96.7 cm³/mol. The largest absolute Gasteiger partial charge is 0.325 e. The molecular formula is C18H16BrN3O2. The number of rotatable bonds is 4. The SMILES string of the molecule is CC(=O)N(CC(=O)Nc1ccc(C#N)cc1)c1ccc(C)cc1Br. The molecule has 0 saturated carbocycles. The predicted octanol–water partition coefficient (Wildman–Crippen LogP) is 3.62. The average Bonchev–Trinajstić information content (AvgIpc) is 2.54. The maximum atomic E-state index is 12.2. The molecule has 6 heteroatoms. The van der Waals surface area contributed by atoms with Crippen molar-refractivity contribution in [1.29, 1.82) is 5.26 Å². The third-order valence-electron chi connectivity index (χ3n) is 3.37. The lowest BCUT2D eigenvalue weighted by molar-refractivity contribution is -0.120. The molecule has 0 fully saturated rings. The summed E-state index contributed by atoms with van der Waals surface area (Å²) < 4.78 is 0.754. The number of amides is 2. The van der Waals surface area contributed by atoms with E-state index in [0.29, 0.717) is 16.9 Å². The molecule has 0 heterocycles. The number of nitriles is 1. The van der Waals surface area contributed by atoms with Crippen molar-refractivity contribution in [2.75, 3.05) is 16.8 Å². The molecule has 0 atom stereocenters. The molecule has 0 unspecified atom stereocenters. The molecule has 122 valence electrons. The molecule has 0 saturated heterocycles. The summed E-state index contributed by atoms with van der Waals surface area (Å²) in [7, 11) is 0. The Morgan fingerprint density at radius 3 is 2.42 bits per heavy atom. The molecule has 2 rings (SSSR count). The van der Waals surface area contributed by atoms with E-state index in [0.717, 1.165) is 10.0 Å². The van der Waals surface area contributed by atoms with Gasteiger partial charge in [-0.1, -0.05) is 6.07 Å². The molecule has 2 aromatic rings. The number of anilines is 2. The van der Waals surface area contributed by atoms with Gasteiger partial charge in [-0.25, -0.2) is 0 Å². The van der Waals surface area contributed by atoms with Crippen molar-refractivity contribution in [3.8, 4) is 6.07 Å². The lowest BCUT2D eigenvalue weighted by Crippen LogP contribution is -2.36. The van der Waals surface area contributed by atoms with Crippen LogP contribution in [0.4, 0.5) is 11.4 Å². The fourth-order valence-corrected chi connectivity index (χ4v) is 2.88. The molecule has 2 aromatic carbocycles. The highest BCUT2D eigenvalue weighted by atomic mass is 79.9. The Balaban J connectivity index is 2.13. The van der Waals surface area contributed by atoms with E-state index in [1.165, 1.54) is 11.8 Å². The number of halogens is 1. The van der Waals surface area contributed by atoms with Crippen LogP contribution in [0.2, 0.25) is 0 Å². The molecular weight excluding hydrogens is 370 g/mol. The Bertz CT molecular complexity index is 810. The van der Waals surface area contributed by atoms with Crippen molar-refractivity contribution in [3.05, 3.63) is 58.1 Å². The molecule has 2 amide bonds. The number of hydrogen-bond acceptors (Lipinski definition) is 3. The first-order chi connectivity index (χ1) is 11.4. The zero-order valence-corrected chi connectivity index (χ0v) is 14.9. The fraction of sp³-hybridized carbons (Fsp3) is 0.167. The van der Waals surface area contributed by atoms with Gasteiger partial charge in [-0.2, -0.15) is 5.26 Å². The molecule has 0 bridgehead atoms. The Kier molecular flexibility index (Phi) is 5.72. The molecule has 0 aliphatic rings. The molecule has 0 aromatic heterocycles. The highest BCUT2D eigenvalue weighted by molar-refractivity contribution is 9.10. The zero-order chi connectivity index (χ0) is 17.7. The Hall–Kier alpha value is -2.65. The molecule has 0 spiro atoms. The maximum Gasteiger partial charge on any atom is 0.244 e.